The van der Waals surface area contributed by atoms with E-state index in [0.29, 0.717) is 51.6 Å². The first-order valence-corrected chi connectivity index (χ1v) is 19.5. The number of unbranched alkanes of at least 4 members (excludes halogenated alkanes) is 7. The van der Waals surface area contributed by atoms with Crippen LogP contribution in [0.3, 0.4) is 0 Å². The van der Waals surface area contributed by atoms with Crippen molar-refractivity contribution in [1.29, 1.82) is 0 Å². The van der Waals surface area contributed by atoms with Gasteiger partial charge in [-0.3, -0.25) is 14.5 Å². The van der Waals surface area contributed by atoms with Gasteiger partial charge in [0.1, 0.15) is 10.0 Å². The van der Waals surface area contributed by atoms with Crippen LogP contribution in [0.15, 0.2) is 70.6 Å². The Morgan fingerprint density at radius 2 is 1.65 bits per heavy atom. The van der Waals surface area contributed by atoms with E-state index in [1.165, 1.54) is 11.8 Å². The fraction of sp³-hybridized carbons (Fsp3) is 0.444. The predicted octanol–water partition coefficient (Wildman–Crippen LogP) is 7.76. The minimum atomic E-state index is -3.66. The average Bonchev–Trinajstić information content (AvgIpc) is 3.62. The number of carboxylic acid groups (broad SMARTS) is 1. The molecule has 2 fully saturated rings. The summed E-state index contributed by atoms with van der Waals surface area (Å²) in [6, 6.07) is 16.6. The van der Waals surface area contributed by atoms with Crippen molar-refractivity contribution in [3.05, 3.63) is 71.3 Å². The van der Waals surface area contributed by atoms with Crippen molar-refractivity contribution in [3.8, 4) is 16.9 Å². The number of piperidine rings is 1. The molecule has 1 amide bonds. The largest absolute Gasteiger partial charge is 0.481 e. The van der Waals surface area contributed by atoms with Crippen LogP contribution in [0.1, 0.15) is 83.1 Å². The lowest BCUT2D eigenvalue weighted by Crippen LogP contribution is -2.37. The average molecular weight is 709 g/mol. The van der Waals surface area contributed by atoms with Crippen molar-refractivity contribution in [3.63, 3.8) is 0 Å². The van der Waals surface area contributed by atoms with Crippen molar-refractivity contribution in [1.82, 2.24) is 19.0 Å². The number of sulfonamides is 1. The number of hydrogen-bond acceptors (Lipinski definition) is 7. The summed E-state index contributed by atoms with van der Waals surface area (Å²) < 4.78 is 31.1. The molecule has 0 aliphatic carbocycles. The van der Waals surface area contributed by atoms with Gasteiger partial charge in [0.25, 0.3) is 5.91 Å². The minimum absolute atomic E-state index is 0.127. The minimum Gasteiger partial charge on any atom is -0.481 e. The van der Waals surface area contributed by atoms with Crippen molar-refractivity contribution < 1.29 is 23.1 Å². The zero-order valence-corrected chi connectivity index (χ0v) is 29.9. The number of aliphatic carboxylic acids is 1. The lowest BCUT2D eigenvalue weighted by molar-refractivity contribution is -0.137. The van der Waals surface area contributed by atoms with Gasteiger partial charge in [0.2, 0.25) is 10.0 Å². The van der Waals surface area contributed by atoms with E-state index in [1.54, 1.807) is 32.1 Å². The molecule has 12 heteroatoms. The number of thiocarbonyl (C=S) groups is 1. The molecule has 0 saturated carbocycles. The van der Waals surface area contributed by atoms with Gasteiger partial charge < -0.3 is 5.11 Å². The molecule has 2 aliphatic rings. The Morgan fingerprint density at radius 1 is 0.979 bits per heavy atom. The number of carbonyl (C=O) groups is 2. The molecule has 1 aromatic heterocycles. The number of nitrogens with zero attached hydrogens (tertiary/aromatic N) is 4. The van der Waals surface area contributed by atoms with E-state index >= 15 is 0 Å². The summed E-state index contributed by atoms with van der Waals surface area (Å²) >= 11 is 6.90. The lowest BCUT2D eigenvalue weighted by atomic mass is 10.0. The second-order valence-corrected chi connectivity index (χ2v) is 16.2. The maximum atomic E-state index is 13.6. The summed E-state index contributed by atoms with van der Waals surface area (Å²) in [6.07, 6.45) is 13.5. The molecule has 9 nitrogen and oxygen atoms in total. The van der Waals surface area contributed by atoms with Crippen LogP contribution in [0.25, 0.3) is 23.0 Å². The highest BCUT2D eigenvalue weighted by Crippen LogP contribution is 2.36. The fourth-order valence-corrected chi connectivity index (χ4v) is 8.86. The number of hydrogen-bond donors (Lipinski definition) is 1. The number of rotatable bonds is 16. The molecule has 0 bridgehead atoms. The summed E-state index contributed by atoms with van der Waals surface area (Å²) in [4.78, 5) is 26.6. The zero-order valence-electron chi connectivity index (χ0n) is 27.4. The van der Waals surface area contributed by atoms with E-state index in [1.807, 2.05) is 48.7 Å². The van der Waals surface area contributed by atoms with Gasteiger partial charge in [0.15, 0.2) is 0 Å². The number of para-hydroxylation sites is 1. The fourth-order valence-electron chi connectivity index (χ4n) is 6.05. The molecule has 0 radical (unpaired) electrons. The van der Waals surface area contributed by atoms with Crippen LogP contribution in [-0.4, -0.2) is 68.3 Å². The Labute approximate surface area is 293 Å². The molecule has 256 valence electrons. The first-order valence-electron chi connectivity index (χ1n) is 16.9. The molecule has 2 aromatic carbocycles. The molecule has 5 rings (SSSR count). The highest BCUT2D eigenvalue weighted by Gasteiger charge is 2.32. The van der Waals surface area contributed by atoms with E-state index in [-0.39, 0.29) is 17.2 Å². The van der Waals surface area contributed by atoms with E-state index in [0.717, 1.165) is 69.9 Å². The Morgan fingerprint density at radius 3 is 2.33 bits per heavy atom. The number of carbonyl (C=O) groups excluding carboxylic acids is 1. The quantitative estimate of drug-likeness (QED) is 0.0913. The van der Waals surface area contributed by atoms with Gasteiger partial charge in [0.05, 0.1) is 15.5 Å². The van der Waals surface area contributed by atoms with Crippen LogP contribution in [0.4, 0.5) is 0 Å². The van der Waals surface area contributed by atoms with Crippen LogP contribution in [0.5, 0.6) is 0 Å². The third-order valence-corrected chi connectivity index (χ3v) is 12.2. The SMILES string of the molecule is CC1CCN(S(=O)(=O)c2cccc(-c3nn(-c4ccccc4)cc3/C=C3\SC(=S)N(CCCCCCCCCCC(=O)O)C3=O)c2)CC1. The maximum absolute atomic E-state index is 13.6. The highest BCUT2D eigenvalue weighted by molar-refractivity contribution is 8.26. The molecule has 48 heavy (non-hydrogen) atoms. The summed E-state index contributed by atoms with van der Waals surface area (Å²) in [7, 11) is -3.66. The van der Waals surface area contributed by atoms with Crippen molar-refractivity contribution in [2.45, 2.75) is 82.4 Å². The molecule has 2 aliphatic heterocycles. The van der Waals surface area contributed by atoms with Gasteiger partial charge in [-0.1, -0.05) is 99.8 Å². The summed E-state index contributed by atoms with van der Waals surface area (Å²) in [5.74, 6) is -0.346. The molecule has 0 atom stereocenters. The van der Waals surface area contributed by atoms with Gasteiger partial charge in [-0.2, -0.15) is 9.40 Å². The molecular formula is C36H44N4O5S3. The van der Waals surface area contributed by atoms with Crippen LogP contribution in [0, 0.1) is 5.92 Å². The highest BCUT2D eigenvalue weighted by atomic mass is 32.2. The van der Waals surface area contributed by atoms with Gasteiger partial charge in [-0.05, 0) is 61.9 Å². The number of benzene rings is 2. The monoisotopic (exact) mass is 708 g/mol. The summed E-state index contributed by atoms with van der Waals surface area (Å²) in [6.45, 7) is 3.74. The number of carboxylic acids is 1. The number of thioether (sulfide) groups is 1. The van der Waals surface area contributed by atoms with E-state index in [4.69, 9.17) is 22.4 Å². The molecule has 0 unspecified atom stereocenters. The normalized spacial score (nSPS) is 17.1. The van der Waals surface area contributed by atoms with Gasteiger partial charge >= 0.3 is 5.97 Å². The van der Waals surface area contributed by atoms with Crippen LogP contribution < -0.4 is 0 Å². The lowest BCUT2D eigenvalue weighted by Gasteiger charge is -2.29. The maximum Gasteiger partial charge on any atom is 0.303 e. The number of amides is 1. The van der Waals surface area contributed by atoms with Crippen LogP contribution >= 0.6 is 24.0 Å². The van der Waals surface area contributed by atoms with Crippen molar-refractivity contribution in [2.24, 2.45) is 5.92 Å². The third-order valence-electron chi connectivity index (χ3n) is 8.93. The van der Waals surface area contributed by atoms with Gasteiger partial charge in [0, 0.05) is 43.4 Å². The number of aromatic nitrogens is 2. The van der Waals surface area contributed by atoms with Gasteiger partial charge in [-0.15, -0.1) is 0 Å². The third kappa shape index (κ3) is 9.22. The summed E-state index contributed by atoms with van der Waals surface area (Å²) in [5, 5.41) is 13.6. The zero-order chi connectivity index (χ0) is 34.1. The predicted molar refractivity (Wildman–Crippen MR) is 195 cm³/mol. The Hall–Kier alpha value is -3.32. The molecule has 3 aromatic rings. The molecule has 1 N–H and O–H groups in total. The van der Waals surface area contributed by atoms with E-state index in [2.05, 4.69) is 6.92 Å². The van der Waals surface area contributed by atoms with Crippen LogP contribution in [-0.2, 0) is 19.6 Å². The first-order chi connectivity index (χ1) is 23.1. The molecular weight excluding hydrogens is 665 g/mol. The smallest absolute Gasteiger partial charge is 0.303 e. The standard InChI is InChI=1S/C36H44N4O5S3/c1-27-19-22-38(23-20-27)48(44,45)31-17-13-14-28(24-31)34-29(26-40(37-34)30-15-9-8-10-16-30)25-32-35(43)39(36(46)47-32)21-12-7-5-3-2-4-6-11-18-33(41)42/h8-10,13-17,24-27H,2-7,11-12,18-23H2,1H3,(H,41,42)/b32-25-. The topological polar surface area (TPSA) is 113 Å². The van der Waals surface area contributed by atoms with Gasteiger partial charge in [-0.25, -0.2) is 13.1 Å². The Balaban J connectivity index is 1.29. The second kappa shape index (κ2) is 16.9. The molecule has 0 spiro atoms. The molecule has 2 saturated heterocycles. The summed E-state index contributed by atoms with van der Waals surface area (Å²) in [5.41, 5.74) is 2.78. The van der Waals surface area contributed by atoms with Crippen molar-refractivity contribution >= 4 is 56.3 Å². The van der Waals surface area contributed by atoms with E-state index in [9.17, 15) is 18.0 Å². The molecule has 3 heterocycles. The Bertz CT molecular complexity index is 1730. The second-order valence-electron chi connectivity index (χ2n) is 12.6. The first kappa shape index (κ1) is 36.0. The Kier molecular flexibility index (Phi) is 12.6. The van der Waals surface area contributed by atoms with Crippen LogP contribution in [0.2, 0.25) is 0 Å². The van der Waals surface area contributed by atoms with E-state index < -0.39 is 16.0 Å². The van der Waals surface area contributed by atoms with Crippen molar-refractivity contribution in [2.75, 3.05) is 19.6 Å².